The predicted molar refractivity (Wildman–Crippen MR) is 114 cm³/mol. The van der Waals surface area contributed by atoms with Crippen molar-refractivity contribution in [2.45, 2.75) is 13.2 Å². The van der Waals surface area contributed by atoms with E-state index in [1.165, 1.54) is 12.1 Å². The van der Waals surface area contributed by atoms with Crippen LogP contribution in [0.5, 0.6) is 11.5 Å². The Bertz CT molecular complexity index is 946. The van der Waals surface area contributed by atoms with Crippen molar-refractivity contribution in [2.24, 2.45) is 0 Å². The van der Waals surface area contributed by atoms with Crippen molar-refractivity contribution in [1.29, 1.82) is 0 Å². The highest BCUT2D eigenvalue weighted by Crippen LogP contribution is 2.32. The average Bonchev–Trinajstić information content (AvgIpc) is 2.72. The minimum atomic E-state index is -0.283. The van der Waals surface area contributed by atoms with Crippen LogP contribution in [0.3, 0.4) is 0 Å². The third-order valence-corrected chi connectivity index (χ3v) is 4.72. The van der Waals surface area contributed by atoms with Crippen LogP contribution in [0.15, 0.2) is 66.7 Å². The third kappa shape index (κ3) is 5.21. The van der Waals surface area contributed by atoms with Gasteiger partial charge in [-0.05, 0) is 47.5 Å². The van der Waals surface area contributed by atoms with E-state index in [0.717, 1.165) is 16.7 Å². The molecule has 0 aromatic heterocycles. The summed E-state index contributed by atoms with van der Waals surface area (Å²) in [6.07, 6.45) is 0. The van der Waals surface area contributed by atoms with Crippen LogP contribution >= 0.6 is 23.8 Å². The second-order valence-corrected chi connectivity index (χ2v) is 6.91. The summed E-state index contributed by atoms with van der Waals surface area (Å²) in [5, 5.41) is 3.93. The van der Waals surface area contributed by atoms with Gasteiger partial charge in [0.15, 0.2) is 11.5 Å². The largest absolute Gasteiger partial charge is 0.493 e. The Kier molecular flexibility index (Phi) is 6.85. The summed E-state index contributed by atoms with van der Waals surface area (Å²) < 4.78 is 24.5. The summed E-state index contributed by atoms with van der Waals surface area (Å²) in [4.78, 5) is 0.544. The van der Waals surface area contributed by atoms with Gasteiger partial charge in [-0.3, -0.25) is 0 Å². The van der Waals surface area contributed by atoms with E-state index < -0.39 is 0 Å². The summed E-state index contributed by atoms with van der Waals surface area (Å²) in [6.45, 7) is 0.831. The van der Waals surface area contributed by atoms with Crippen molar-refractivity contribution in [3.05, 3.63) is 94.3 Å². The molecule has 6 heteroatoms. The van der Waals surface area contributed by atoms with Crippen molar-refractivity contribution in [2.75, 3.05) is 7.11 Å². The van der Waals surface area contributed by atoms with Crippen LogP contribution in [0.25, 0.3) is 0 Å². The van der Waals surface area contributed by atoms with E-state index in [9.17, 15) is 4.39 Å². The highest BCUT2D eigenvalue weighted by Gasteiger charge is 2.15. The number of rotatable bonds is 7. The Hall–Kier alpha value is -2.63. The zero-order valence-electron chi connectivity index (χ0n) is 15.2. The molecule has 0 fully saturated rings. The molecule has 28 heavy (non-hydrogen) atoms. The monoisotopic (exact) mass is 415 g/mol. The maximum absolute atomic E-state index is 13.1. The maximum Gasteiger partial charge on any atom is 0.171 e. The number of ether oxygens (including phenoxy) is 2. The first-order valence-corrected chi connectivity index (χ1v) is 9.42. The smallest absolute Gasteiger partial charge is 0.171 e. The van der Waals surface area contributed by atoms with Crippen molar-refractivity contribution in [3.8, 4) is 11.5 Å². The Morgan fingerprint density at radius 3 is 2.36 bits per heavy atom. The number of hydrogen-bond acceptors (Lipinski definition) is 3. The van der Waals surface area contributed by atoms with Gasteiger partial charge in [0, 0.05) is 11.6 Å². The number of thiocarbonyl (C=S) groups is 1. The van der Waals surface area contributed by atoms with Crippen LogP contribution in [0.2, 0.25) is 5.02 Å². The minimum Gasteiger partial charge on any atom is -0.493 e. The van der Waals surface area contributed by atoms with E-state index >= 15 is 0 Å². The number of methoxy groups -OCH3 is 1. The SMILES string of the molecule is COc1cccc(C(=S)NCc2ccc(Cl)cc2)c1OCc1ccc(F)cc1. The molecule has 1 N–H and O–H groups in total. The van der Waals surface area contributed by atoms with Gasteiger partial charge >= 0.3 is 0 Å². The van der Waals surface area contributed by atoms with Gasteiger partial charge in [0.1, 0.15) is 17.4 Å². The second kappa shape index (κ2) is 9.53. The fourth-order valence-corrected chi connectivity index (χ4v) is 2.98. The first kappa shape index (κ1) is 20.1. The summed E-state index contributed by atoms with van der Waals surface area (Å²) in [7, 11) is 1.58. The normalized spacial score (nSPS) is 10.4. The first-order valence-electron chi connectivity index (χ1n) is 8.63. The highest BCUT2D eigenvalue weighted by molar-refractivity contribution is 7.80. The lowest BCUT2D eigenvalue weighted by molar-refractivity contribution is 0.284. The first-order chi connectivity index (χ1) is 13.6. The van der Waals surface area contributed by atoms with Gasteiger partial charge in [-0.2, -0.15) is 0 Å². The van der Waals surface area contributed by atoms with Crippen LogP contribution in [0.4, 0.5) is 4.39 Å². The molecule has 0 amide bonds. The van der Waals surface area contributed by atoms with Crippen LogP contribution < -0.4 is 14.8 Å². The number of nitrogens with one attached hydrogen (secondary N) is 1. The lowest BCUT2D eigenvalue weighted by atomic mass is 10.1. The van der Waals surface area contributed by atoms with E-state index in [1.807, 2.05) is 42.5 Å². The van der Waals surface area contributed by atoms with E-state index in [-0.39, 0.29) is 12.4 Å². The van der Waals surface area contributed by atoms with Crippen LogP contribution in [0.1, 0.15) is 16.7 Å². The molecular weight excluding hydrogens is 397 g/mol. The van der Waals surface area contributed by atoms with E-state index in [0.29, 0.717) is 28.1 Å². The molecular formula is C22H19ClFNO2S. The van der Waals surface area contributed by atoms with Crippen molar-refractivity contribution < 1.29 is 13.9 Å². The fraction of sp³-hybridized carbons (Fsp3) is 0.136. The van der Waals surface area contributed by atoms with E-state index in [1.54, 1.807) is 19.2 Å². The zero-order chi connectivity index (χ0) is 19.9. The van der Waals surface area contributed by atoms with Gasteiger partial charge in [0.05, 0.1) is 12.7 Å². The Morgan fingerprint density at radius 2 is 1.68 bits per heavy atom. The predicted octanol–water partition coefficient (Wildman–Crippen LogP) is 5.53. The Labute approximate surface area is 174 Å². The van der Waals surface area contributed by atoms with Gasteiger partial charge in [0.2, 0.25) is 0 Å². The standard InChI is InChI=1S/C22H19ClFNO2S/c1-26-20-4-2-3-19(21(20)27-14-16-7-11-18(24)12-8-16)22(28)25-13-15-5-9-17(23)10-6-15/h2-12H,13-14H2,1H3,(H,25,28). The number of hydrogen-bond donors (Lipinski definition) is 1. The summed E-state index contributed by atoms with van der Waals surface area (Å²) in [5.74, 6) is 0.840. The second-order valence-electron chi connectivity index (χ2n) is 6.06. The number of halogens is 2. The van der Waals surface area contributed by atoms with Crippen molar-refractivity contribution in [1.82, 2.24) is 5.32 Å². The molecule has 3 aromatic rings. The molecule has 144 valence electrons. The molecule has 0 radical (unpaired) electrons. The maximum atomic E-state index is 13.1. The van der Waals surface area contributed by atoms with E-state index in [4.69, 9.17) is 33.3 Å². The molecule has 0 saturated heterocycles. The zero-order valence-corrected chi connectivity index (χ0v) is 16.8. The summed E-state index contributed by atoms with van der Waals surface area (Å²) in [6, 6.07) is 19.3. The molecule has 0 aliphatic carbocycles. The fourth-order valence-electron chi connectivity index (χ4n) is 2.62. The van der Waals surface area contributed by atoms with Gasteiger partial charge in [-0.25, -0.2) is 4.39 Å². The van der Waals surface area contributed by atoms with Gasteiger partial charge in [-0.1, -0.05) is 54.2 Å². The molecule has 0 unspecified atom stereocenters. The van der Waals surface area contributed by atoms with Gasteiger partial charge < -0.3 is 14.8 Å². The molecule has 0 saturated carbocycles. The average molecular weight is 416 g/mol. The van der Waals surface area contributed by atoms with Crippen LogP contribution in [0, 0.1) is 5.82 Å². The lowest BCUT2D eigenvalue weighted by Crippen LogP contribution is -2.22. The highest BCUT2D eigenvalue weighted by atomic mass is 35.5. The Balaban J connectivity index is 1.74. The number of benzene rings is 3. The van der Waals surface area contributed by atoms with Crippen molar-refractivity contribution >= 4 is 28.8 Å². The summed E-state index contributed by atoms with van der Waals surface area (Å²) >= 11 is 11.5. The molecule has 3 nitrogen and oxygen atoms in total. The Morgan fingerprint density at radius 1 is 1.00 bits per heavy atom. The molecule has 3 rings (SSSR count). The molecule has 0 spiro atoms. The topological polar surface area (TPSA) is 30.5 Å². The molecule has 0 aliphatic rings. The quantitative estimate of drug-likeness (QED) is 0.514. The van der Waals surface area contributed by atoms with Crippen molar-refractivity contribution in [3.63, 3.8) is 0 Å². The molecule has 0 aliphatic heterocycles. The van der Waals surface area contributed by atoms with Gasteiger partial charge in [0.25, 0.3) is 0 Å². The molecule has 0 bridgehead atoms. The van der Waals surface area contributed by atoms with Crippen LogP contribution in [-0.4, -0.2) is 12.1 Å². The molecule has 0 heterocycles. The van der Waals surface area contributed by atoms with Gasteiger partial charge in [-0.15, -0.1) is 0 Å². The van der Waals surface area contributed by atoms with Crippen LogP contribution in [-0.2, 0) is 13.2 Å². The molecule has 0 atom stereocenters. The van der Waals surface area contributed by atoms with E-state index in [2.05, 4.69) is 5.32 Å². The number of para-hydroxylation sites is 1. The lowest BCUT2D eigenvalue weighted by Gasteiger charge is -2.17. The molecule has 3 aromatic carbocycles. The third-order valence-electron chi connectivity index (χ3n) is 4.11. The minimum absolute atomic E-state index is 0.271. The summed E-state index contributed by atoms with van der Waals surface area (Å²) in [5.41, 5.74) is 2.63.